The van der Waals surface area contributed by atoms with E-state index >= 15 is 0 Å². The van der Waals surface area contributed by atoms with Crippen LogP contribution in [0.25, 0.3) is 11.2 Å². The number of rotatable bonds is 4. The monoisotopic (exact) mass is 386 g/mol. The Bertz CT molecular complexity index is 838. The van der Waals surface area contributed by atoms with E-state index in [1.54, 1.807) is 0 Å². The molecule has 0 bridgehead atoms. The molecule has 2 aliphatic rings. The molecule has 4 heterocycles. The molecule has 0 spiro atoms. The molecule has 2 aromatic rings. The molecule has 2 fully saturated rings. The van der Waals surface area contributed by atoms with E-state index in [1.807, 2.05) is 0 Å². The van der Waals surface area contributed by atoms with Gasteiger partial charge in [-0.1, -0.05) is 0 Å². The van der Waals surface area contributed by atoms with Gasteiger partial charge in [0.2, 0.25) is 0 Å². The number of aliphatic hydroxyl groups is 2. The molecule has 4 rings (SSSR count). The maximum atomic E-state index is 12.3. The lowest BCUT2D eigenvalue weighted by molar-refractivity contribution is -0.0497. The Kier molecular flexibility index (Phi) is 4.65. The van der Waals surface area contributed by atoms with Gasteiger partial charge in [0.25, 0.3) is 0 Å². The van der Waals surface area contributed by atoms with Crippen molar-refractivity contribution in [2.75, 3.05) is 25.5 Å². The Morgan fingerprint density at radius 3 is 3.00 bits per heavy atom. The molecule has 0 aliphatic carbocycles. The quantitative estimate of drug-likeness (QED) is 0.484. The van der Waals surface area contributed by atoms with E-state index in [2.05, 4.69) is 20.0 Å². The number of anilines is 1. The highest BCUT2D eigenvalue weighted by molar-refractivity contribution is 7.51. The van der Waals surface area contributed by atoms with Crippen LogP contribution < -0.4 is 10.8 Å². The highest BCUT2D eigenvalue weighted by Crippen LogP contribution is 2.46. The lowest BCUT2D eigenvalue weighted by atomic mass is 10.1. The molecule has 2 saturated heterocycles. The van der Waals surface area contributed by atoms with Crippen molar-refractivity contribution >= 4 is 24.7 Å². The topological polar surface area (TPSA) is 167 Å². The van der Waals surface area contributed by atoms with Gasteiger partial charge in [0.15, 0.2) is 17.7 Å². The molecule has 0 saturated carbocycles. The SMILES string of the molecule is Nc1ncnc2c1ncn2[C@@H]1O[C@H](COP2(=O)NCCCO2)[C@@H](O)[C@@H]1O. The fourth-order valence-corrected chi connectivity index (χ4v) is 4.33. The van der Waals surface area contributed by atoms with Crippen LogP contribution in [0.15, 0.2) is 12.7 Å². The van der Waals surface area contributed by atoms with Gasteiger partial charge < -0.3 is 20.7 Å². The summed E-state index contributed by atoms with van der Waals surface area (Å²) >= 11 is 0. The maximum absolute atomic E-state index is 12.3. The van der Waals surface area contributed by atoms with Gasteiger partial charge in [-0.2, -0.15) is 0 Å². The molecular formula is C13H19N6O6P. The zero-order chi connectivity index (χ0) is 18.3. The minimum atomic E-state index is -3.42. The summed E-state index contributed by atoms with van der Waals surface area (Å²) in [5.74, 6) is 0.195. The van der Waals surface area contributed by atoms with Gasteiger partial charge >= 0.3 is 7.75 Å². The third-order valence-corrected chi connectivity index (χ3v) is 5.92. The van der Waals surface area contributed by atoms with Crippen LogP contribution in [0.5, 0.6) is 0 Å². The summed E-state index contributed by atoms with van der Waals surface area (Å²) in [5.41, 5.74) is 6.47. The Morgan fingerprint density at radius 1 is 1.38 bits per heavy atom. The summed E-state index contributed by atoms with van der Waals surface area (Å²) in [7, 11) is -3.42. The third kappa shape index (κ3) is 3.09. The maximum Gasteiger partial charge on any atom is 0.405 e. The number of aliphatic hydroxyl groups excluding tert-OH is 2. The molecule has 2 aromatic heterocycles. The molecule has 12 nitrogen and oxygen atoms in total. The highest BCUT2D eigenvalue weighted by Gasteiger charge is 2.45. The fourth-order valence-electron chi connectivity index (χ4n) is 2.93. The van der Waals surface area contributed by atoms with Crippen LogP contribution in [0.3, 0.4) is 0 Å². The van der Waals surface area contributed by atoms with Gasteiger partial charge in [-0.05, 0) is 6.42 Å². The second kappa shape index (κ2) is 6.82. The highest BCUT2D eigenvalue weighted by atomic mass is 31.2. The summed E-state index contributed by atoms with van der Waals surface area (Å²) < 4.78 is 29.9. The Hall–Kier alpha value is -1.66. The van der Waals surface area contributed by atoms with Crippen molar-refractivity contribution in [1.82, 2.24) is 24.6 Å². The van der Waals surface area contributed by atoms with Crippen molar-refractivity contribution in [2.45, 2.75) is 31.0 Å². The number of imidazole rings is 1. The summed E-state index contributed by atoms with van der Waals surface area (Å²) in [5, 5.41) is 23.3. The van der Waals surface area contributed by atoms with Gasteiger partial charge in [-0.25, -0.2) is 24.6 Å². The van der Waals surface area contributed by atoms with E-state index < -0.39 is 32.3 Å². The zero-order valence-electron chi connectivity index (χ0n) is 13.6. The van der Waals surface area contributed by atoms with Gasteiger partial charge in [0.1, 0.15) is 30.2 Å². The number of nitrogens with two attached hydrogens (primary N) is 1. The van der Waals surface area contributed by atoms with E-state index in [9.17, 15) is 14.8 Å². The number of hydrogen-bond donors (Lipinski definition) is 4. The number of hydrogen-bond acceptors (Lipinski definition) is 10. The first-order chi connectivity index (χ1) is 12.5. The molecular weight excluding hydrogens is 367 g/mol. The Balaban J connectivity index is 1.50. The van der Waals surface area contributed by atoms with Crippen molar-refractivity contribution in [3.8, 4) is 0 Å². The first kappa shape index (κ1) is 17.7. The third-order valence-electron chi connectivity index (χ3n) is 4.30. The van der Waals surface area contributed by atoms with Crippen molar-refractivity contribution in [2.24, 2.45) is 0 Å². The summed E-state index contributed by atoms with van der Waals surface area (Å²) in [6, 6.07) is 0. The number of ether oxygens (including phenoxy) is 1. The number of nitrogen functional groups attached to an aromatic ring is 1. The van der Waals surface area contributed by atoms with Crippen molar-refractivity contribution in [1.29, 1.82) is 0 Å². The number of nitrogens with one attached hydrogen (secondary N) is 1. The second-order valence-electron chi connectivity index (χ2n) is 6.02. The van der Waals surface area contributed by atoms with E-state index in [-0.39, 0.29) is 12.4 Å². The second-order valence-corrected chi connectivity index (χ2v) is 7.84. The van der Waals surface area contributed by atoms with Crippen LogP contribution >= 0.6 is 7.75 Å². The smallest absolute Gasteiger partial charge is 0.387 e. The van der Waals surface area contributed by atoms with Crippen LogP contribution in [0.4, 0.5) is 5.82 Å². The Morgan fingerprint density at radius 2 is 2.23 bits per heavy atom. The predicted molar refractivity (Wildman–Crippen MR) is 87.8 cm³/mol. The van der Waals surface area contributed by atoms with E-state index in [4.69, 9.17) is 19.5 Å². The molecule has 1 unspecified atom stereocenters. The summed E-state index contributed by atoms with van der Waals surface area (Å²) in [6.07, 6.45) is -0.996. The molecule has 142 valence electrons. The standard InChI is InChI=1S/C13H19N6O6P/c14-11-8-12(16-5-15-11)19(6-17-8)13-10(21)9(20)7(25-13)4-24-26(22)18-2-1-3-23-26/h5-7,9-10,13,20-21H,1-4H2,(H,18,22)(H2,14,15,16)/t7-,9-,10+,13-,26?/m1/s1. The average molecular weight is 386 g/mol. The molecule has 0 aromatic carbocycles. The van der Waals surface area contributed by atoms with Crippen molar-refractivity contribution in [3.05, 3.63) is 12.7 Å². The molecule has 26 heavy (non-hydrogen) atoms. The van der Waals surface area contributed by atoms with Crippen LogP contribution in [0, 0.1) is 0 Å². The predicted octanol–water partition coefficient (Wildman–Crippen LogP) is -0.838. The van der Waals surface area contributed by atoms with Crippen molar-refractivity contribution < 1.29 is 28.6 Å². The summed E-state index contributed by atoms with van der Waals surface area (Å²) in [6.45, 7) is 0.618. The zero-order valence-corrected chi connectivity index (χ0v) is 14.5. The van der Waals surface area contributed by atoms with Gasteiger partial charge in [0, 0.05) is 6.54 Å². The van der Waals surface area contributed by atoms with Gasteiger partial charge in [0.05, 0.1) is 19.5 Å². The van der Waals surface area contributed by atoms with Crippen LogP contribution in [0.2, 0.25) is 0 Å². The first-order valence-corrected chi connectivity index (χ1v) is 9.62. The number of fused-ring (bicyclic) bond motifs is 1. The average Bonchev–Trinajstić information content (AvgIpc) is 3.17. The van der Waals surface area contributed by atoms with Crippen LogP contribution in [-0.2, 0) is 18.3 Å². The van der Waals surface area contributed by atoms with Crippen molar-refractivity contribution in [3.63, 3.8) is 0 Å². The lowest BCUT2D eigenvalue weighted by Gasteiger charge is -2.25. The molecule has 13 heteroatoms. The van der Waals surface area contributed by atoms with Crippen LogP contribution in [-0.4, -0.2) is 67.8 Å². The molecule has 0 radical (unpaired) electrons. The van der Waals surface area contributed by atoms with E-state index in [0.717, 1.165) is 6.42 Å². The molecule has 2 aliphatic heterocycles. The lowest BCUT2D eigenvalue weighted by Crippen LogP contribution is -2.34. The largest absolute Gasteiger partial charge is 0.405 e. The number of aromatic nitrogens is 4. The summed E-state index contributed by atoms with van der Waals surface area (Å²) in [4.78, 5) is 12.1. The molecule has 5 N–H and O–H groups in total. The fraction of sp³-hybridized carbons (Fsp3) is 0.615. The Labute approximate surface area is 147 Å². The van der Waals surface area contributed by atoms with E-state index in [0.29, 0.717) is 24.3 Å². The number of nitrogens with zero attached hydrogens (tertiary/aromatic N) is 4. The molecule has 0 amide bonds. The van der Waals surface area contributed by atoms with Crippen LogP contribution in [0.1, 0.15) is 12.6 Å². The first-order valence-electron chi connectivity index (χ1n) is 8.07. The van der Waals surface area contributed by atoms with Gasteiger partial charge in [-0.3, -0.25) is 13.6 Å². The van der Waals surface area contributed by atoms with Gasteiger partial charge in [-0.15, -0.1) is 0 Å². The minimum absolute atomic E-state index is 0.195. The minimum Gasteiger partial charge on any atom is -0.387 e. The molecule has 5 atom stereocenters. The normalized spacial score (nSPS) is 35.2. The van der Waals surface area contributed by atoms with E-state index in [1.165, 1.54) is 17.2 Å².